The molecular formula is C20H37B2N4O6P. The number of ether oxygens (including phenoxy) is 3. The number of hydrogen-bond acceptors (Lipinski definition) is 7. The highest BCUT2D eigenvalue weighted by Gasteiger charge is 2.44. The summed E-state index contributed by atoms with van der Waals surface area (Å²) in [5.74, 6) is 0.0109. The molecule has 3 rings (SSSR count). The second-order valence-corrected chi connectivity index (χ2v) is 11.3. The molecule has 3 fully saturated rings. The van der Waals surface area contributed by atoms with Gasteiger partial charge in [0.15, 0.2) is 0 Å². The number of nitrogens with one attached hydrogen (secondary N) is 1. The maximum atomic E-state index is 14.5. The maximum absolute atomic E-state index is 14.5. The lowest BCUT2D eigenvalue weighted by Crippen LogP contribution is -2.54. The van der Waals surface area contributed by atoms with E-state index in [2.05, 4.69) is 12.2 Å². The number of nitrogens with zero attached hydrogens (tertiary/aromatic N) is 3. The quantitative estimate of drug-likeness (QED) is 0.354. The molecule has 3 saturated heterocycles. The number of carbonyl (C=O) groups excluding carboxylic acids is 1. The van der Waals surface area contributed by atoms with Gasteiger partial charge in [0.1, 0.15) is 15.7 Å². The molecule has 3 heterocycles. The summed E-state index contributed by atoms with van der Waals surface area (Å²) in [6.07, 6.45) is 0.365. The zero-order valence-electron chi connectivity index (χ0n) is 20.1. The second-order valence-electron chi connectivity index (χ2n) is 8.92. The summed E-state index contributed by atoms with van der Waals surface area (Å²) in [5, 5.41) is 3.20. The minimum atomic E-state index is -3.48. The van der Waals surface area contributed by atoms with Crippen LogP contribution in [0.4, 0.5) is 0 Å². The molecule has 4 radical (unpaired) electrons. The summed E-state index contributed by atoms with van der Waals surface area (Å²) in [6, 6.07) is -1.04. The summed E-state index contributed by atoms with van der Waals surface area (Å²) in [7, 11) is 8.59. The molecule has 6 unspecified atom stereocenters. The Labute approximate surface area is 200 Å². The Bertz CT molecular complexity index is 687. The second kappa shape index (κ2) is 12.5. The summed E-state index contributed by atoms with van der Waals surface area (Å²) in [6.45, 7) is 9.76. The lowest BCUT2D eigenvalue weighted by Gasteiger charge is -2.46. The topological polar surface area (TPSA) is 92.8 Å². The first kappa shape index (κ1) is 27.1. The molecule has 3 aliphatic rings. The lowest BCUT2D eigenvalue weighted by atomic mass is 9.98. The standard InChI is InChI=1S/C20H37B2N4O6P/c1-4-15(2)29-13-18-11-26(12-20(22)32-18)33(28,25-7-5-24(6-8-25)16(3)27)30-14-17-9-23-10-19(21)31-17/h15,17-20,23H,4-14H2,1-3H3. The Morgan fingerprint density at radius 3 is 2.39 bits per heavy atom. The van der Waals surface area contributed by atoms with E-state index in [-0.39, 0.29) is 37.4 Å². The van der Waals surface area contributed by atoms with Crippen molar-refractivity contribution in [2.24, 2.45) is 0 Å². The molecule has 184 valence electrons. The average Bonchev–Trinajstić information content (AvgIpc) is 2.80. The first-order chi connectivity index (χ1) is 15.7. The molecule has 0 aromatic heterocycles. The molecule has 0 aromatic rings. The fourth-order valence-electron chi connectivity index (χ4n) is 4.15. The van der Waals surface area contributed by atoms with Crippen molar-refractivity contribution >= 4 is 29.3 Å². The average molecular weight is 482 g/mol. The van der Waals surface area contributed by atoms with Gasteiger partial charge in [-0.1, -0.05) is 6.92 Å². The van der Waals surface area contributed by atoms with E-state index in [1.807, 2.05) is 11.6 Å². The van der Waals surface area contributed by atoms with E-state index in [0.29, 0.717) is 52.4 Å². The smallest absolute Gasteiger partial charge is 0.346 e. The van der Waals surface area contributed by atoms with Crippen LogP contribution < -0.4 is 5.32 Å². The number of amides is 1. The van der Waals surface area contributed by atoms with Crippen LogP contribution >= 0.6 is 7.67 Å². The molecule has 33 heavy (non-hydrogen) atoms. The van der Waals surface area contributed by atoms with Crippen LogP contribution in [0.15, 0.2) is 0 Å². The highest BCUT2D eigenvalue weighted by atomic mass is 31.2. The van der Waals surface area contributed by atoms with Crippen molar-refractivity contribution in [1.82, 2.24) is 19.6 Å². The van der Waals surface area contributed by atoms with Gasteiger partial charge in [0.25, 0.3) is 0 Å². The van der Waals surface area contributed by atoms with Gasteiger partial charge in [-0.2, -0.15) is 0 Å². The van der Waals surface area contributed by atoms with E-state index >= 15 is 0 Å². The van der Waals surface area contributed by atoms with Crippen LogP contribution in [0.1, 0.15) is 27.2 Å². The molecule has 3 aliphatic heterocycles. The van der Waals surface area contributed by atoms with Gasteiger partial charge >= 0.3 is 7.67 Å². The van der Waals surface area contributed by atoms with E-state index in [9.17, 15) is 9.36 Å². The van der Waals surface area contributed by atoms with E-state index in [4.69, 9.17) is 34.4 Å². The first-order valence-electron chi connectivity index (χ1n) is 11.9. The van der Waals surface area contributed by atoms with E-state index < -0.39 is 19.7 Å². The molecule has 6 atom stereocenters. The monoisotopic (exact) mass is 482 g/mol. The third-order valence-electron chi connectivity index (χ3n) is 6.24. The van der Waals surface area contributed by atoms with Crippen molar-refractivity contribution in [3.05, 3.63) is 0 Å². The van der Waals surface area contributed by atoms with Crippen molar-refractivity contribution in [1.29, 1.82) is 0 Å². The minimum Gasteiger partial charge on any atom is -0.380 e. The Morgan fingerprint density at radius 1 is 1.06 bits per heavy atom. The summed E-state index contributed by atoms with van der Waals surface area (Å²) in [4.78, 5) is 13.5. The molecule has 0 aromatic carbocycles. The third-order valence-corrected chi connectivity index (χ3v) is 8.89. The van der Waals surface area contributed by atoms with Crippen molar-refractivity contribution in [2.45, 2.75) is 57.5 Å². The number of carbonyl (C=O) groups is 1. The zero-order chi connectivity index (χ0) is 24.0. The Morgan fingerprint density at radius 2 is 1.76 bits per heavy atom. The third kappa shape index (κ3) is 7.51. The largest absolute Gasteiger partial charge is 0.380 e. The van der Waals surface area contributed by atoms with Gasteiger partial charge in [0.2, 0.25) is 5.91 Å². The molecular weight excluding hydrogens is 445 g/mol. The number of rotatable bonds is 9. The van der Waals surface area contributed by atoms with E-state index in [1.54, 1.807) is 16.5 Å². The summed E-state index contributed by atoms with van der Waals surface area (Å²) in [5.41, 5.74) is 0. The first-order valence-corrected chi connectivity index (χ1v) is 13.4. The minimum absolute atomic E-state index is 0.0109. The highest BCUT2D eigenvalue weighted by Crippen LogP contribution is 2.55. The fraction of sp³-hybridized carbons (Fsp3) is 0.950. The number of hydrogen-bond donors (Lipinski definition) is 1. The van der Waals surface area contributed by atoms with Crippen LogP contribution in [-0.4, -0.2) is 132 Å². The molecule has 0 aliphatic carbocycles. The van der Waals surface area contributed by atoms with Crippen LogP contribution in [0.25, 0.3) is 0 Å². The van der Waals surface area contributed by atoms with Crippen LogP contribution in [-0.2, 0) is 28.1 Å². The molecule has 0 bridgehead atoms. The van der Waals surface area contributed by atoms with Crippen LogP contribution in [0.2, 0.25) is 0 Å². The fourth-order valence-corrected chi connectivity index (χ4v) is 6.64. The van der Waals surface area contributed by atoms with Gasteiger partial charge in [-0.3, -0.25) is 9.36 Å². The highest BCUT2D eigenvalue weighted by molar-refractivity contribution is 7.54. The number of morpholine rings is 2. The van der Waals surface area contributed by atoms with Crippen LogP contribution in [0.3, 0.4) is 0 Å². The van der Waals surface area contributed by atoms with E-state index in [1.165, 1.54) is 0 Å². The zero-order valence-corrected chi connectivity index (χ0v) is 21.0. The predicted molar refractivity (Wildman–Crippen MR) is 126 cm³/mol. The lowest BCUT2D eigenvalue weighted by molar-refractivity contribution is -0.130. The van der Waals surface area contributed by atoms with E-state index in [0.717, 1.165) is 6.42 Å². The van der Waals surface area contributed by atoms with Gasteiger partial charge in [0, 0.05) is 71.3 Å². The van der Waals surface area contributed by atoms with Crippen molar-refractivity contribution < 1.29 is 28.1 Å². The molecule has 1 N–H and O–H groups in total. The predicted octanol–water partition coefficient (Wildman–Crippen LogP) is -0.231. The Hall–Kier alpha value is -0.450. The van der Waals surface area contributed by atoms with Gasteiger partial charge < -0.3 is 29.0 Å². The van der Waals surface area contributed by atoms with Crippen molar-refractivity contribution in [3.8, 4) is 0 Å². The normalized spacial score (nSPS) is 32.9. The van der Waals surface area contributed by atoms with Gasteiger partial charge in [-0.15, -0.1) is 0 Å². The summed E-state index contributed by atoms with van der Waals surface area (Å²) < 4.78 is 41.7. The molecule has 10 nitrogen and oxygen atoms in total. The molecule has 0 spiro atoms. The molecule has 0 saturated carbocycles. The van der Waals surface area contributed by atoms with Crippen LogP contribution in [0, 0.1) is 0 Å². The molecule has 1 amide bonds. The van der Waals surface area contributed by atoms with Gasteiger partial charge in [-0.05, 0) is 13.3 Å². The van der Waals surface area contributed by atoms with Gasteiger partial charge in [0.05, 0.1) is 31.5 Å². The van der Waals surface area contributed by atoms with Crippen molar-refractivity contribution in [2.75, 3.05) is 65.6 Å². The Balaban J connectivity index is 1.72. The SMILES string of the molecule is [B]C1CNCC(COP(=O)(N2CCN(C(C)=O)CC2)N2CC([B])OC(COC(C)CC)C2)O1. The summed E-state index contributed by atoms with van der Waals surface area (Å²) >= 11 is 0. The van der Waals surface area contributed by atoms with Crippen molar-refractivity contribution in [3.63, 3.8) is 0 Å². The van der Waals surface area contributed by atoms with Gasteiger partial charge in [-0.25, -0.2) is 9.34 Å². The van der Waals surface area contributed by atoms with Crippen LogP contribution in [0.5, 0.6) is 0 Å². The maximum Gasteiger partial charge on any atom is 0.346 e. The Kier molecular flexibility index (Phi) is 10.3. The number of piperazine rings is 1. The molecule has 13 heteroatoms.